The van der Waals surface area contributed by atoms with Crippen LogP contribution in [0, 0.1) is 0 Å². The van der Waals surface area contributed by atoms with Crippen molar-refractivity contribution >= 4 is 26.0 Å². The number of halogens is 1. The van der Waals surface area contributed by atoms with Crippen LogP contribution < -0.4 is 5.32 Å². The summed E-state index contributed by atoms with van der Waals surface area (Å²) < 4.78 is 32.7. The Morgan fingerprint density at radius 3 is 2.71 bits per heavy atom. The first kappa shape index (κ1) is 16.9. The molecule has 5 nitrogen and oxygen atoms in total. The molecule has 7 heteroatoms. The molecule has 0 unspecified atom stereocenters. The van der Waals surface area contributed by atoms with Crippen LogP contribution in [-0.2, 0) is 21.3 Å². The highest BCUT2D eigenvalue weighted by Crippen LogP contribution is 2.26. The van der Waals surface area contributed by atoms with E-state index in [0.717, 1.165) is 18.5 Å². The van der Waals surface area contributed by atoms with E-state index in [1.807, 2.05) is 6.07 Å². The van der Waals surface area contributed by atoms with Crippen molar-refractivity contribution in [2.45, 2.75) is 24.8 Å². The Labute approximate surface area is 134 Å². The van der Waals surface area contributed by atoms with E-state index in [1.54, 1.807) is 12.1 Å². The van der Waals surface area contributed by atoms with Crippen molar-refractivity contribution in [3.63, 3.8) is 0 Å². The first-order valence-corrected chi connectivity index (χ1v) is 9.36. The molecular weight excluding hydrogens is 356 g/mol. The maximum Gasteiger partial charge on any atom is 0.244 e. The molecule has 0 amide bonds. The Kier molecular flexibility index (Phi) is 6.19. The van der Waals surface area contributed by atoms with E-state index in [-0.39, 0.29) is 0 Å². The van der Waals surface area contributed by atoms with Gasteiger partial charge in [0.1, 0.15) is 0 Å². The zero-order valence-electron chi connectivity index (χ0n) is 12.1. The van der Waals surface area contributed by atoms with Crippen molar-refractivity contribution in [1.29, 1.82) is 0 Å². The minimum atomic E-state index is -3.47. The Morgan fingerprint density at radius 1 is 1.33 bits per heavy atom. The van der Waals surface area contributed by atoms with Crippen LogP contribution in [0.4, 0.5) is 0 Å². The number of benzene rings is 1. The molecular formula is C14H21BrN2O3S. The fourth-order valence-electron chi connectivity index (χ4n) is 2.19. The standard InChI is InChI=1S/C14H21BrN2O3S/c1-2-5-16-11-12-3-4-13(15)14(10-12)21(18,19)17-6-8-20-9-7-17/h3-4,10,16H,2,5-9,11H2,1H3. The van der Waals surface area contributed by atoms with Gasteiger partial charge in [-0.2, -0.15) is 4.31 Å². The van der Waals surface area contributed by atoms with Crippen LogP contribution in [0.3, 0.4) is 0 Å². The molecule has 2 rings (SSSR count). The summed E-state index contributed by atoms with van der Waals surface area (Å²) >= 11 is 3.36. The molecule has 0 saturated carbocycles. The topological polar surface area (TPSA) is 58.6 Å². The number of rotatable bonds is 6. The second-order valence-corrected chi connectivity index (χ2v) is 7.72. The molecule has 0 radical (unpaired) electrons. The third-order valence-electron chi connectivity index (χ3n) is 3.34. The molecule has 1 aliphatic heterocycles. The minimum absolute atomic E-state index is 0.334. The van der Waals surface area contributed by atoms with Crippen molar-refractivity contribution < 1.29 is 13.2 Å². The molecule has 1 aliphatic rings. The van der Waals surface area contributed by atoms with Crippen molar-refractivity contribution in [1.82, 2.24) is 9.62 Å². The number of hydrogen-bond acceptors (Lipinski definition) is 4. The Bertz CT molecular complexity index is 572. The number of sulfonamides is 1. The lowest BCUT2D eigenvalue weighted by Crippen LogP contribution is -2.40. The summed E-state index contributed by atoms with van der Waals surface area (Å²) in [7, 11) is -3.47. The fourth-order valence-corrected chi connectivity index (χ4v) is 4.57. The molecule has 1 aromatic rings. The highest BCUT2D eigenvalue weighted by molar-refractivity contribution is 9.10. The van der Waals surface area contributed by atoms with Gasteiger partial charge in [-0.25, -0.2) is 8.42 Å². The van der Waals surface area contributed by atoms with E-state index in [0.29, 0.717) is 42.2 Å². The quantitative estimate of drug-likeness (QED) is 0.771. The predicted molar refractivity (Wildman–Crippen MR) is 85.7 cm³/mol. The van der Waals surface area contributed by atoms with E-state index in [4.69, 9.17) is 4.74 Å². The van der Waals surface area contributed by atoms with Gasteiger partial charge in [0.05, 0.1) is 18.1 Å². The monoisotopic (exact) mass is 376 g/mol. The molecule has 118 valence electrons. The second kappa shape index (κ2) is 7.69. The third kappa shape index (κ3) is 4.26. The molecule has 1 heterocycles. The molecule has 0 aliphatic carbocycles. The average Bonchev–Trinajstić information content (AvgIpc) is 2.50. The molecule has 1 aromatic carbocycles. The van der Waals surface area contributed by atoms with Gasteiger partial charge in [-0.1, -0.05) is 13.0 Å². The molecule has 1 N–H and O–H groups in total. The minimum Gasteiger partial charge on any atom is -0.379 e. The normalized spacial score (nSPS) is 17.0. The largest absolute Gasteiger partial charge is 0.379 e. The molecule has 0 bridgehead atoms. The Hall–Kier alpha value is -0.470. The SMILES string of the molecule is CCCNCc1ccc(Br)c(S(=O)(=O)N2CCOCC2)c1. The van der Waals surface area contributed by atoms with E-state index in [2.05, 4.69) is 28.2 Å². The highest BCUT2D eigenvalue weighted by atomic mass is 79.9. The maximum atomic E-state index is 12.7. The lowest BCUT2D eigenvalue weighted by Gasteiger charge is -2.26. The summed E-state index contributed by atoms with van der Waals surface area (Å²) in [6, 6.07) is 5.49. The summed E-state index contributed by atoms with van der Waals surface area (Å²) in [5, 5.41) is 3.29. The number of hydrogen-bond donors (Lipinski definition) is 1. The summed E-state index contributed by atoms with van der Waals surface area (Å²) in [4.78, 5) is 0.334. The Balaban J connectivity index is 2.22. The molecule has 1 fully saturated rings. The zero-order chi connectivity index (χ0) is 15.3. The van der Waals surface area contributed by atoms with Crippen molar-refractivity contribution in [3.05, 3.63) is 28.2 Å². The summed E-state index contributed by atoms with van der Waals surface area (Å²) in [6.07, 6.45) is 1.05. The predicted octanol–water partition coefficient (Wildman–Crippen LogP) is 1.97. The van der Waals surface area contributed by atoms with Gasteiger partial charge >= 0.3 is 0 Å². The van der Waals surface area contributed by atoms with E-state index < -0.39 is 10.0 Å². The van der Waals surface area contributed by atoms with Gasteiger partial charge in [0, 0.05) is 24.1 Å². The van der Waals surface area contributed by atoms with Crippen LogP contribution in [0.15, 0.2) is 27.6 Å². The summed E-state index contributed by atoms with van der Waals surface area (Å²) in [6.45, 7) is 5.42. The number of ether oxygens (including phenoxy) is 1. The maximum absolute atomic E-state index is 12.7. The molecule has 0 spiro atoms. The van der Waals surface area contributed by atoms with Gasteiger partial charge < -0.3 is 10.1 Å². The van der Waals surface area contributed by atoms with Crippen molar-refractivity contribution in [2.24, 2.45) is 0 Å². The second-order valence-electron chi connectivity index (χ2n) is 4.96. The van der Waals surface area contributed by atoms with Crippen LogP contribution >= 0.6 is 15.9 Å². The van der Waals surface area contributed by atoms with Crippen LogP contribution in [0.5, 0.6) is 0 Å². The number of nitrogens with one attached hydrogen (secondary N) is 1. The van der Waals surface area contributed by atoms with Gasteiger partial charge in [0.25, 0.3) is 0 Å². The van der Waals surface area contributed by atoms with E-state index in [9.17, 15) is 8.42 Å². The zero-order valence-corrected chi connectivity index (χ0v) is 14.5. The molecule has 1 saturated heterocycles. The smallest absolute Gasteiger partial charge is 0.244 e. The van der Waals surface area contributed by atoms with Crippen molar-refractivity contribution in [2.75, 3.05) is 32.8 Å². The molecule has 21 heavy (non-hydrogen) atoms. The van der Waals surface area contributed by atoms with Gasteiger partial charge in [0.2, 0.25) is 10.0 Å². The van der Waals surface area contributed by atoms with Crippen LogP contribution in [0.2, 0.25) is 0 Å². The number of nitrogens with zero attached hydrogens (tertiary/aromatic N) is 1. The van der Waals surface area contributed by atoms with Gasteiger partial charge in [0.15, 0.2) is 0 Å². The van der Waals surface area contributed by atoms with Crippen LogP contribution in [0.25, 0.3) is 0 Å². The van der Waals surface area contributed by atoms with Crippen molar-refractivity contribution in [3.8, 4) is 0 Å². The van der Waals surface area contributed by atoms with Gasteiger partial charge in [-0.05, 0) is 46.6 Å². The summed E-state index contributed by atoms with van der Waals surface area (Å²) in [5.41, 5.74) is 0.971. The van der Waals surface area contributed by atoms with E-state index >= 15 is 0 Å². The van der Waals surface area contributed by atoms with Gasteiger partial charge in [-0.15, -0.1) is 0 Å². The van der Waals surface area contributed by atoms with Gasteiger partial charge in [-0.3, -0.25) is 0 Å². The van der Waals surface area contributed by atoms with Crippen LogP contribution in [0.1, 0.15) is 18.9 Å². The first-order chi connectivity index (χ1) is 10.1. The average molecular weight is 377 g/mol. The third-order valence-corrected chi connectivity index (χ3v) is 6.23. The summed E-state index contributed by atoms with van der Waals surface area (Å²) in [5.74, 6) is 0. The highest BCUT2D eigenvalue weighted by Gasteiger charge is 2.28. The van der Waals surface area contributed by atoms with E-state index in [1.165, 1.54) is 4.31 Å². The molecule has 0 aromatic heterocycles. The number of morpholine rings is 1. The molecule has 0 atom stereocenters. The Morgan fingerprint density at radius 2 is 2.05 bits per heavy atom. The lowest BCUT2D eigenvalue weighted by molar-refractivity contribution is 0.0730. The fraction of sp³-hybridized carbons (Fsp3) is 0.571. The van der Waals surface area contributed by atoms with Crippen LogP contribution in [-0.4, -0.2) is 45.6 Å². The lowest BCUT2D eigenvalue weighted by atomic mass is 10.2. The first-order valence-electron chi connectivity index (χ1n) is 7.12.